The maximum absolute atomic E-state index is 9.94. The van der Waals surface area contributed by atoms with Crippen molar-refractivity contribution in [2.75, 3.05) is 36.8 Å². The minimum absolute atomic E-state index is 0.142. The number of hydrogen-bond donors (Lipinski definition) is 2. The Hall–Kier alpha value is -1.40. The Morgan fingerprint density at radius 3 is 2.60 bits per heavy atom. The van der Waals surface area contributed by atoms with Gasteiger partial charge in [-0.25, -0.2) is 4.98 Å². The first-order valence-electron chi connectivity index (χ1n) is 9.88. The number of aliphatic hydroxyl groups excluding tert-OH is 1. The van der Waals surface area contributed by atoms with Gasteiger partial charge in [-0.3, -0.25) is 4.90 Å². The second kappa shape index (κ2) is 8.32. The van der Waals surface area contributed by atoms with Crippen LogP contribution in [0, 0.1) is 6.92 Å². The number of aromatic nitrogens is 2. The quantitative estimate of drug-likeness (QED) is 0.850. The van der Waals surface area contributed by atoms with Crippen LogP contribution in [0.15, 0.2) is 0 Å². The van der Waals surface area contributed by atoms with Crippen LogP contribution >= 0.6 is 0 Å². The van der Waals surface area contributed by atoms with Crippen molar-refractivity contribution in [2.24, 2.45) is 0 Å². The number of nitrogen functional groups attached to an aromatic ring is 1. The smallest absolute Gasteiger partial charge is 0.222 e. The zero-order valence-electron chi connectivity index (χ0n) is 15.7. The molecule has 0 aliphatic carbocycles. The highest BCUT2D eigenvalue weighted by Gasteiger charge is 2.29. The third-order valence-corrected chi connectivity index (χ3v) is 5.70. The van der Waals surface area contributed by atoms with Gasteiger partial charge in [-0.05, 0) is 52.0 Å². The summed E-state index contributed by atoms with van der Waals surface area (Å²) < 4.78 is 0. The van der Waals surface area contributed by atoms with Gasteiger partial charge >= 0.3 is 0 Å². The highest BCUT2D eigenvalue weighted by Crippen LogP contribution is 2.28. The summed E-state index contributed by atoms with van der Waals surface area (Å²) >= 11 is 0. The molecule has 3 N–H and O–H groups in total. The van der Waals surface area contributed by atoms with Crippen LogP contribution in [0.2, 0.25) is 0 Å². The molecule has 0 spiro atoms. The topological polar surface area (TPSA) is 78.5 Å². The van der Waals surface area contributed by atoms with E-state index in [0.717, 1.165) is 76.2 Å². The molecule has 6 nitrogen and oxygen atoms in total. The highest BCUT2D eigenvalue weighted by atomic mass is 16.3. The minimum atomic E-state index is -0.142. The molecule has 0 saturated carbocycles. The number of aliphatic hydroxyl groups is 1. The Kier molecular flexibility index (Phi) is 6.12. The molecule has 0 aromatic carbocycles. The highest BCUT2D eigenvalue weighted by molar-refractivity contribution is 5.52. The van der Waals surface area contributed by atoms with Gasteiger partial charge < -0.3 is 15.7 Å². The van der Waals surface area contributed by atoms with Crippen molar-refractivity contribution in [3.63, 3.8) is 0 Å². The van der Waals surface area contributed by atoms with Gasteiger partial charge in [0.05, 0.1) is 6.10 Å². The standard InChI is InChI=1S/C19H33N5O/c1-3-4-7-17-14(2)21-19(20)22-18(17)23-11-8-15(9-12-23)24-10-5-6-16(25)13-24/h15-16,25H,3-13H2,1-2H3,(H2,20,21,22). The van der Waals surface area contributed by atoms with E-state index in [1.807, 2.05) is 0 Å². The van der Waals surface area contributed by atoms with Gasteiger partial charge in [0.2, 0.25) is 5.95 Å². The number of anilines is 2. The zero-order chi connectivity index (χ0) is 17.8. The van der Waals surface area contributed by atoms with E-state index in [-0.39, 0.29) is 6.10 Å². The van der Waals surface area contributed by atoms with Crippen molar-refractivity contribution in [3.8, 4) is 0 Å². The van der Waals surface area contributed by atoms with Crippen molar-refractivity contribution in [1.82, 2.24) is 14.9 Å². The van der Waals surface area contributed by atoms with Crippen molar-refractivity contribution in [2.45, 2.75) is 70.9 Å². The summed E-state index contributed by atoms with van der Waals surface area (Å²) in [6.45, 7) is 8.24. The first-order chi connectivity index (χ1) is 12.1. The van der Waals surface area contributed by atoms with Gasteiger partial charge in [0.1, 0.15) is 5.82 Å². The van der Waals surface area contributed by atoms with Crippen LogP contribution in [-0.2, 0) is 6.42 Å². The SMILES string of the molecule is CCCCc1c(C)nc(N)nc1N1CCC(N2CCCC(O)C2)CC1. The first kappa shape index (κ1) is 18.4. The van der Waals surface area contributed by atoms with E-state index in [9.17, 15) is 5.11 Å². The Morgan fingerprint density at radius 1 is 1.16 bits per heavy atom. The molecular formula is C19H33N5O. The lowest BCUT2D eigenvalue weighted by atomic mass is 9.98. The molecule has 2 fully saturated rings. The van der Waals surface area contributed by atoms with E-state index < -0.39 is 0 Å². The summed E-state index contributed by atoms with van der Waals surface area (Å²) in [6.07, 6.45) is 7.53. The molecule has 3 heterocycles. The van der Waals surface area contributed by atoms with Gasteiger partial charge in [0.25, 0.3) is 0 Å². The number of aryl methyl sites for hydroxylation is 1. The van der Waals surface area contributed by atoms with Crippen molar-refractivity contribution in [1.29, 1.82) is 0 Å². The van der Waals surface area contributed by atoms with E-state index in [2.05, 4.69) is 33.6 Å². The lowest BCUT2D eigenvalue weighted by molar-refractivity contribution is 0.0398. The van der Waals surface area contributed by atoms with Crippen LogP contribution in [0.3, 0.4) is 0 Å². The molecule has 6 heteroatoms. The lowest BCUT2D eigenvalue weighted by Gasteiger charge is -2.42. The Labute approximate surface area is 151 Å². The van der Waals surface area contributed by atoms with Crippen LogP contribution in [0.4, 0.5) is 11.8 Å². The number of likely N-dealkylation sites (tertiary alicyclic amines) is 1. The first-order valence-corrected chi connectivity index (χ1v) is 9.88. The summed E-state index contributed by atoms with van der Waals surface area (Å²) in [5.74, 6) is 1.43. The van der Waals surface area contributed by atoms with Gasteiger partial charge in [-0.2, -0.15) is 4.98 Å². The van der Waals surface area contributed by atoms with Crippen LogP contribution in [0.5, 0.6) is 0 Å². The molecule has 25 heavy (non-hydrogen) atoms. The summed E-state index contributed by atoms with van der Waals surface area (Å²) in [7, 11) is 0. The monoisotopic (exact) mass is 347 g/mol. The molecule has 1 aromatic rings. The fraction of sp³-hybridized carbons (Fsp3) is 0.789. The largest absolute Gasteiger partial charge is 0.392 e. The van der Waals surface area contributed by atoms with Gasteiger partial charge in [-0.1, -0.05) is 13.3 Å². The summed E-state index contributed by atoms with van der Waals surface area (Å²) in [5, 5.41) is 9.94. The van der Waals surface area contributed by atoms with Crippen LogP contribution < -0.4 is 10.6 Å². The molecular weight excluding hydrogens is 314 g/mol. The number of nitrogens with two attached hydrogens (primary N) is 1. The molecule has 0 radical (unpaired) electrons. The molecule has 0 bridgehead atoms. The second-order valence-electron chi connectivity index (χ2n) is 7.58. The number of nitrogens with zero attached hydrogens (tertiary/aromatic N) is 4. The predicted molar refractivity (Wildman–Crippen MR) is 102 cm³/mol. The molecule has 140 valence electrons. The molecule has 2 saturated heterocycles. The summed E-state index contributed by atoms with van der Waals surface area (Å²) in [5.41, 5.74) is 8.23. The van der Waals surface area contributed by atoms with Crippen molar-refractivity contribution in [3.05, 3.63) is 11.3 Å². The zero-order valence-corrected chi connectivity index (χ0v) is 15.7. The Bertz CT molecular complexity index is 571. The summed E-state index contributed by atoms with van der Waals surface area (Å²) in [4.78, 5) is 13.9. The molecule has 0 amide bonds. The third kappa shape index (κ3) is 4.42. The van der Waals surface area contributed by atoms with E-state index in [1.54, 1.807) is 0 Å². The number of hydrogen-bond acceptors (Lipinski definition) is 6. The second-order valence-corrected chi connectivity index (χ2v) is 7.58. The molecule has 2 aliphatic heterocycles. The maximum Gasteiger partial charge on any atom is 0.222 e. The third-order valence-electron chi connectivity index (χ3n) is 5.70. The van der Waals surface area contributed by atoms with Crippen LogP contribution in [-0.4, -0.2) is 58.3 Å². The van der Waals surface area contributed by atoms with Crippen molar-refractivity contribution >= 4 is 11.8 Å². The van der Waals surface area contributed by atoms with Gasteiger partial charge in [0.15, 0.2) is 0 Å². The van der Waals surface area contributed by atoms with E-state index in [1.165, 1.54) is 12.0 Å². The average molecular weight is 348 g/mol. The average Bonchev–Trinajstić information content (AvgIpc) is 2.60. The van der Waals surface area contributed by atoms with Crippen LogP contribution in [0.1, 0.15) is 56.7 Å². The van der Waals surface area contributed by atoms with Crippen molar-refractivity contribution < 1.29 is 5.11 Å². The van der Waals surface area contributed by atoms with E-state index in [0.29, 0.717) is 12.0 Å². The van der Waals surface area contributed by atoms with Gasteiger partial charge in [0, 0.05) is 36.9 Å². The predicted octanol–water partition coefficient (Wildman–Crippen LogP) is 2.14. The molecule has 1 aromatic heterocycles. The van der Waals surface area contributed by atoms with Gasteiger partial charge in [-0.15, -0.1) is 0 Å². The fourth-order valence-electron chi connectivity index (χ4n) is 4.27. The minimum Gasteiger partial charge on any atom is -0.392 e. The number of β-amino-alcohol motifs (C(OH)–C–C–N with tert-alkyl or cyclic N) is 1. The molecule has 1 atom stereocenters. The van der Waals surface area contributed by atoms with E-state index >= 15 is 0 Å². The number of piperidine rings is 2. The molecule has 3 rings (SSSR count). The number of rotatable bonds is 5. The number of unbranched alkanes of at least 4 members (excludes halogenated alkanes) is 1. The van der Waals surface area contributed by atoms with Crippen LogP contribution in [0.25, 0.3) is 0 Å². The normalized spacial score (nSPS) is 23.2. The fourth-order valence-corrected chi connectivity index (χ4v) is 4.27. The Morgan fingerprint density at radius 2 is 1.92 bits per heavy atom. The summed E-state index contributed by atoms with van der Waals surface area (Å²) in [6, 6.07) is 0.588. The molecule has 2 aliphatic rings. The maximum atomic E-state index is 9.94. The Balaban J connectivity index is 1.68. The lowest BCUT2D eigenvalue weighted by Crippen LogP contribution is -2.50. The molecule has 1 unspecified atom stereocenters. The van der Waals surface area contributed by atoms with E-state index in [4.69, 9.17) is 5.73 Å².